The molecule has 1 aromatic carbocycles. The van der Waals surface area contributed by atoms with Gasteiger partial charge in [-0.3, -0.25) is 9.59 Å². The van der Waals surface area contributed by atoms with Crippen LogP contribution < -0.4 is 10.2 Å². The van der Waals surface area contributed by atoms with Crippen LogP contribution in [0.15, 0.2) is 30.3 Å². The summed E-state index contributed by atoms with van der Waals surface area (Å²) in [6, 6.07) is 8.72. The van der Waals surface area contributed by atoms with Crippen LogP contribution in [0.4, 0.5) is 5.69 Å². The van der Waals surface area contributed by atoms with Gasteiger partial charge in [-0.05, 0) is 24.6 Å². The van der Waals surface area contributed by atoms with E-state index in [9.17, 15) is 9.59 Å². The predicted octanol–water partition coefficient (Wildman–Crippen LogP) is 1.95. The first kappa shape index (κ1) is 13.7. The maximum absolute atomic E-state index is 12.3. The number of hydrogen-bond acceptors (Lipinski definition) is 3. The van der Waals surface area contributed by atoms with E-state index in [1.54, 1.807) is 12.1 Å². The number of hydrogen-bond donors (Lipinski definition) is 1. The molecule has 2 amide bonds. The fraction of sp³-hybridized carbons (Fsp3) is 0.467. The van der Waals surface area contributed by atoms with Crippen molar-refractivity contribution in [3.8, 4) is 0 Å². The predicted molar refractivity (Wildman–Crippen MR) is 74.8 cm³/mol. The van der Waals surface area contributed by atoms with Crippen LogP contribution in [0.3, 0.4) is 0 Å². The SMILES string of the molecule is CCC(C)CNC1CC(=O)N(c2ccccc2)C1=O. The van der Waals surface area contributed by atoms with Crippen LogP contribution in [0.5, 0.6) is 0 Å². The molecule has 1 aliphatic heterocycles. The van der Waals surface area contributed by atoms with Gasteiger partial charge in [-0.25, -0.2) is 4.90 Å². The van der Waals surface area contributed by atoms with Crippen molar-refractivity contribution >= 4 is 17.5 Å². The zero-order valence-electron chi connectivity index (χ0n) is 11.4. The Bertz CT molecular complexity index is 458. The van der Waals surface area contributed by atoms with Crippen LogP contribution in [0.2, 0.25) is 0 Å². The molecule has 0 saturated carbocycles. The summed E-state index contributed by atoms with van der Waals surface area (Å²) in [5, 5.41) is 3.20. The molecule has 1 heterocycles. The van der Waals surface area contributed by atoms with Gasteiger partial charge in [-0.15, -0.1) is 0 Å². The van der Waals surface area contributed by atoms with Crippen molar-refractivity contribution in [3.05, 3.63) is 30.3 Å². The third-order valence-corrected chi connectivity index (χ3v) is 3.57. The van der Waals surface area contributed by atoms with E-state index in [-0.39, 0.29) is 24.3 Å². The van der Waals surface area contributed by atoms with Gasteiger partial charge in [0.15, 0.2) is 0 Å². The zero-order chi connectivity index (χ0) is 13.8. The van der Waals surface area contributed by atoms with E-state index in [4.69, 9.17) is 0 Å². The van der Waals surface area contributed by atoms with Crippen molar-refractivity contribution in [2.24, 2.45) is 5.92 Å². The Balaban J connectivity index is 2.05. The maximum atomic E-state index is 12.3. The van der Waals surface area contributed by atoms with Crippen molar-refractivity contribution in [1.29, 1.82) is 0 Å². The number of nitrogens with zero attached hydrogens (tertiary/aromatic N) is 1. The van der Waals surface area contributed by atoms with Gasteiger partial charge in [0, 0.05) is 0 Å². The normalized spacial score (nSPS) is 20.9. The van der Waals surface area contributed by atoms with E-state index in [0.29, 0.717) is 11.6 Å². The third kappa shape index (κ3) is 3.01. The molecule has 0 aromatic heterocycles. The summed E-state index contributed by atoms with van der Waals surface area (Å²) in [4.78, 5) is 25.5. The average Bonchev–Trinajstić information content (AvgIpc) is 2.71. The van der Waals surface area contributed by atoms with Crippen LogP contribution in [-0.2, 0) is 9.59 Å². The van der Waals surface area contributed by atoms with Crippen LogP contribution in [-0.4, -0.2) is 24.4 Å². The second-order valence-corrected chi connectivity index (χ2v) is 5.08. The van der Waals surface area contributed by atoms with Crippen molar-refractivity contribution in [2.75, 3.05) is 11.4 Å². The molecule has 1 aromatic rings. The van der Waals surface area contributed by atoms with E-state index in [1.807, 2.05) is 18.2 Å². The average molecular weight is 260 g/mol. The van der Waals surface area contributed by atoms with E-state index in [0.717, 1.165) is 13.0 Å². The number of carbonyl (C=O) groups is 2. The number of nitrogens with one attached hydrogen (secondary N) is 1. The van der Waals surface area contributed by atoms with Crippen molar-refractivity contribution in [3.63, 3.8) is 0 Å². The standard InChI is InChI=1S/C15H20N2O2/c1-3-11(2)10-16-13-9-14(18)17(15(13)19)12-7-5-4-6-8-12/h4-8,11,13,16H,3,9-10H2,1-2H3. The molecule has 0 bridgehead atoms. The highest BCUT2D eigenvalue weighted by Gasteiger charge is 2.39. The molecule has 2 unspecified atom stereocenters. The molecule has 1 saturated heterocycles. The Morgan fingerprint density at radius 1 is 1.32 bits per heavy atom. The molecule has 4 heteroatoms. The molecule has 2 rings (SSSR count). The second-order valence-electron chi connectivity index (χ2n) is 5.08. The highest BCUT2D eigenvalue weighted by Crippen LogP contribution is 2.22. The molecule has 0 aliphatic carbocycles. The Morgan fingerprint density at radius 3 is 2.63 bits per heavy atom. The third-order valence-electron chi connectivity index (χ3n) is 3.57. The molecule has 1 aliphatic rings. The van der Waals surface area contributed by atoms with Gasteiger partial charge >= 0.3 is 0 Å². The second kappa shape index (κ2) is 5.97. The number of imide groups is 1. The molecule has 19 heavy (non-hydrogen) atoms. The Morgan fingerprint density at radius 2 is 2.00 bits per heavy atom. The molecular weight excluding hydrogens is 240 g/mol. The van der Waals surface area contributed by atoms with Crippen molar-refractivity contribution in [1.82, 2.24) is 5.32 Å². The quantitative estimate of drug-likeness (QED) is 0.823. The van der Waals surface area contributed by atoms with E-state index in [1.165, 1.54) is 4.90 Å². The first-order valence-corrected chi connectivity index (χ1v) is 6.78. The molecule has 1 N–H and O–H groups in total. The number of rotatable bonds is 5. The highest BCUT2D eigenvalue weighted by atomic mass is 16.2. The molecule has 2 atom stereocenters. The fourth-order valence-corrected chi connectivity index (χ4v) is 2.13. The zero-order valence-corrected chi connectivity index (χ0v) is 11.4. The summed E-state index contributed by atoms with van der Waals surface area (Å²) in [7, 11) is 0. The van der Waals surface area contributed by atoms with Gasteiger partial charge in [0.2, 0.25) is 5.91 Å². The lowest BCUT2D eigenvalue weighted by Crippen LogP contribution is -2.40. The first-order valence-electron chi connectivity index (χ1n) is 6.78. The lowest BCUT2D eigenvalue weighted by Gasteiger charge is -2.16. The van der Waals surface area contributed by atoms with Crippen molar-refractivity contribution in [2.45, 2.75) is 32.7 Å². The lowest BCUT2D eigenvalue weighted by atomic mass is 10.1. The summed E-state index contributed by atoms with van der Waals surface area (Å²) in [6.45, 7) is 5.01. The topological polar surface area (TPSA) is 49.4 Å². The van der Waals surface area contributed by atoms with Crippen LogP contribution >= 0.6 is 0 Å². The minimum Gasteiger partial charge on any atom is -0.305 e. The lowest BCUT2D eigenvalue weighted by molar-refractivity contribution is -0.121. The molecule has 1 fully saturated rings. The monoisotopic (exact) mass is 260 g/mol. The summed E-state index contributed by atoms with van der Waals surface area (Å²) >= 11 is 0. The minimum absolute atomic E-state index is 0.127. The number of benzene rings is 1. The van der Waals surface area contributed by atoms with Gasteiger partial charge in [0.25, 0.3) is 5.91 Å². The van der Waals surface area contributed by atoms with Crippen molar-refractivity contribution < 1.29 is 9.59 Å². The molecule has 102 valence electrons. The maximum Gasteiger partial charge on any atom is 0.251 e. The Kier molecular flexibility index (Phi) is 4.32. The number of amides is 2. The number of para-hydroxylation sites is 1. The van der Waals surface area contributed by atoms with Gasteiger partial charge in [-0.2, -0.15) is 0 Å². The summed E-state index contributed by atoms with van der Waals surface area (Å²) < 4.78 is 0. The van der Waals surface area contributed by atoms with Crippen LogP contribution in [0, 0.1) is 5.92 Å². The Hall–Kier alpha value is -1.68. The molecule has 4 nitrogen and oxygen atoms in total. The van der Waals surface area contributed by atoms with E-state index >= 15 is 0 Å². The van der Waals surface area contributed by atoms with Crippen LogP contribution in [0.1, 0.15) is 26.7 Å². The summed E-state index contributed by atoms with van der Waals surface area (Å²) in [5.41, 5.74) is 0.658. The number of anilines is 1. The van der Waals surface area contributed by atoms with Gasteiger partial charge in [-0.1, -0.05) is 38.5 Å². The van der Waals surface area contributed by atoms with Gasteiger partial charge in [0.05, 0.1) is 18.2 Å². The van der Waals surface area contributed by atoms with Gasteiger partial charge in [0.1, 0.15) is 0 Å². The fourth-order valence-electron chi connectivity index (χ4n) is 2.13. The van der Waals surface area contributed by atoms with Crippen LogP contribution in [0.25, 0.3) is 0 Å². The van der Waals surface area contributed by atoms with E-state index in [2.05, 4.69) is 19.2 Å². The minimum atomic E-state index is -0.373. The Labute approximate surface area is 113 Å². The summed E-state index contributed by atoms with van der Waals surface area (Å²) in [6.07, 6.45) is 1.31. The molecular formula is C15H20N2O2. The highest BCUT2D eigenvalue weighted by molar-refractivity contribution is 6.22. The summed E-state index contributed by atoms with van der Waals surface area (Å²) in [5.74, 6) is 0.242. The van der Waals surface area contributed by atoms with Gasteiger partial charge < -0.3 is 5.32 Å². The molecule has 0 spiro atoms. The van der Waals surface area contributed by atoms with E-state index < -0.39 is 0 Å². The molecule has 0 radical (unpaired) electrons. The largest absolute Gasteiger partial charge is 0.305 e. The first-order chi connectivity index (χ1) is 9.13. The number of carbonyl (C=O) groups excluding carboxylic acids is 2. The smallest absolute Gasteiger partial charge is 0.251 e.